The first-order valence-corrected chi connectivity index (χ1v) is 10.6. The van der Waals surface area contributed by atoms with E-state index in [1.54, 1.807) is 23.1 Å². The molecule has 21 heavy (non-hydrogen) atoms. The van der Waals surface area contributed by atoms with Gasteiger partial charge in [0.1, 0.15) is 5.66 Å². The molecule has 3 heterocycles. The molecule has 116 valence electrons. The quantitative estimate of drug-likeness (QED) is 0.909. The van der Waals surface area contributed by atoms with Crippen LogP contribution in [0.25, 0.3) is 0 Å². The third-order valence-corrected chi connectivity index (χ3v) is 7.28. The number of nitrogens with zero attached hydrogens (tertiary/aromatic N) is 2. The molecule has 8 heteroatoms. The van der Waals surface area contributed by atoms with Gasteiger partial charge >= 0.3 is 0 Å². The van der Waals surface area contributed by atoms with Crippen molar-refractivity contribution >= 4 is 38.1 Å². The molecule has 0 aromatic carbocycles. The zero-order valence-electron chi connectivity index (χ0n) is 12.1. The van der Waals surface area contributed by atoms with Crippen LogP contribution in [0.15, 0.2) is 22.5 Å². The second-order valence-corrected chi connectivity index (χ2v) is 10.1. The number of hydrogen-bond donors (Lipinski definition) is 1. The van der Waals surface area contributed by atoms with Crippen LogP contribution in [0.2, 0.25) is 0 Å². The van der Waals surface area contributed by atoms with Crippen molar-refractivity contribution in [1.82, 2.24) is 10.4 Å². The standard InChI is InChI=1S/C13H19N3O2S3/c1-13(2)14-12(20-8-11-4-3-6-19-11)16(15-13)10-5-7-21(17,18)9-10/h3-4,6,10,15H,5,7-9H2,1-2H3. The zero-order valence-corrected chi connectivity index (χ0v) is 14.5. The van der Waals surface area contributed by atoms with Gasteiger partial charge in [0.25, 0.3) is 0 Å². The van der Waals surface area contributed by atoms with Gasteiger partial charge in [-0.25, -0.2) is 18.8 Å². The van der Waals surface area contributed by atoms with Crippen LogP contribution in [0.5, 0.6) is 0 Å². The molecule has 0 radical (unpaired) electrons. The maximum atomic E-state index is 11.7. The first-order chi connectivity index (χ1) is 9.85. The van der Waals surface area contributed by atoms with Gasteiger partial charge in [-0.3, -0.25) is 5.01 Å². The molecular formula is C13H19N3O2S3. The Morgan fingerprint density at radius 3 is 3.00 bits per heavy atom. The number of sulfone groups is 1. The van der Waals surface area contributed by atoms with Crippen LogP contribution in [-0.4, -0.2) is 41.8 Å². The van der Waals surface area contributed by atoms with E-state index in [1.165, 1.54) is 4.88 Å². The van der Waals surface area contributed by atoms with Crippen LogP contribution in [0.4, 0.5) is 0 Å². The molecule has 0 aliphatic carbocycles. The van der Waals surface area contributed by atoms with Crippen LogP contribution in [0.3, 0.4) is 0 Å². The highest BCUT2D eigenvalue weighted by Gasteiger charge is 2.40. The van der Waals surface area contributed by atoms with Gasteiger partial charge in [-0.2, -0.15) is 0 Å². The molecule has 1 aromatic heterocycles. The third-order valence-electron chi connectivity index (χ3n) is 3.47. The zero-order chi connectivity index (χ0) is 15.1. The molecule has 1 unspecified atom stereocenters. The van der Waals surface area contributed by atoms with Crippen LogP contribution >= 0.6 is 23.1 Å². The van der Waals surface area contributed by atoms with E-state index in [0.717, 1.165) is 10.9 Å². The first kappa shape index (κ1) is 15.3. The van der Waals surface area contributed by atoms with Gasteiger partial charge in [0.15, 0.2) is 15.0 Å². The highest BCUT2D eigenvalue weighted by molar-refractivity contribution is 8.13. The summed E-state index contributed by atoms with van der Waals surface area (Å²) in [7, 11) is -2.90. The summed E-state index contributed by atoms with van der Waals surface area (Å²) in [6, 6.07) is 4.14. The number of rotatable bonds is 3. The third kappa shape index (κ3) is 3.61. The maximum Gasteiger partial charge on any atom is 0.176 e. The molecule has 1 saturated heterocycles. The summed E-state index contributed by atoms with van der Waals surface area (Å²) >= 11 is 3.40. The summed E-state index contributed by atoms with van der Waals surface area (Å²) in [5.74, 6) is 1.36. The minimum Gasteiger partial charge on any atom is -0.281 e. The lowest BCUT2D eigenvalue weighted by molar-refractivity contribution is 0.204. The van der Waals surface area contributed by atoms with Crippen LogP contribution in [-0.2, 0) is 15.6 Å². The van der Waals surface area contributed by atoms with Crippen molar-refractivity contribution in [3.05, 3.63) is 22.4 Å². The van der Waals surface area contributed by atoms with E-state index in [4.69, 9.17) is 4.99 Å². The maximum absolute atomic E-state index is 11.7. The fraction of sp³-hybridized carbons (Fsp3) is 0.615. The van der Waals surface area contributed by atoms with Crippen LogP contribution < -0.4 is 5.43 Å². The van der Waals surface area contributed by atoms with Gasteiger partial charge in [0.05, 0.1) is 17.5 Å². The number of thiophene rings is 1. The summed E-state index contributed by atoms with van der Waals surface area (Å²) < 4.78 is 23.4. The van der Waals surface area contributed by atoms with Crippen molar-refractivity contribution in [1.29, 1.82) is 0 Å². The van der Waals surface area contributed by atoms with Crippen LogP contribution in [0.1, 0.15) is 25.1 Å². The molecule has 5 nitrogen and oxygen atoms in total. The van der Waals surface area contributed by atoms with Crippen molar-refractivity contribution in [2.45, 2.75) is 37.7 Å². The van der Waals surface area contributed by atoms with Crippen molar-refractivity contribution in [2.75, 3.05) is 11.5 Å². The number of amidine groups is 1. The monoisotopic (exact) mass is 345 g/mol. The summed E-state index contributed by atoms with van der Waals surface area (Å²) in [4.78, 5) is 6.00. The van der Waals surface area contributed by atoms with E-state index in [2.05, 4.69) is 16.9 Å². The van der Waals surface area contributed by atoms with Crippen molar-refractivity contribution in [2.24, 2.45) is 4.99 Å². The summed E-state index contributed by atoms with van der Waals surface area (Å²) in [5.41, 5.74) is 2.97. The molecule has 1 aromatic rings. The van der Waals surface area contributed by atoms with Gasteiger partial charge in [-0.1, -0.05) is 17.8 Å². The van der Waals surface area contributed by atoms with E-state index in [0.29, 0.717) is 6.42 Å². The topological polar surface area (TPSA) is 61.8 Å². The molecule has 1 fully saturated rings. The lowest BCUT2D eigenvalue weighted by atomic mass is 10.2. The van der Waals surface area contributed by atoms with E-state index in [1.807, 2.05) is 24.9 Å². The number of hydrogen-bond acceptors (Lipinski definition) is 7. The SMILES string of the molecule is CC1(C)N=C(SCc2cccs2)N(C2CCS(=O)(=O)C2)N1. The largest absolute Gasteiger partial charge is 0.281 e. The van der Waals surface area contributed by atoms with E-state index < -0.39 is 9.84 Å². The van der Waals surface area contributed by atoms with Gasteiger partial charge in [-0.05, 0) is 31.7 Å². The molecule has 2 aliphatic rings. The number of thioether (sulfide) groups is 1. The molecule has 2 aliphatic heterocycles. The average Bonchev–Trinajstić information content (AvgIpc) is 3.06. The molecular weight excluding hydrogens is 326 g/mol. The lowest BCUT2D eigenvalue weighted by Gasteiger charge is -2.28. The second-order valence-electron chi connectivity index (χ2n) is 5.86. The smallest absolute Gasteiger partial charge is 0.176 e. The van der Waals surface area contributed by atoms with Gasteiger partial charge in [-0.15, -0.1) is 11.3 Å². The predicted octanol–water partition coefficient (Wildman–Crippen LogP) is 2.08. The Labute approximate surface area is 133 Å². The second kappa shape index (κ2) is 5.57. The van der Waals surface area contributed by atoms with E-state index in [9.17, 15) is 8.42 Å². The molecule has 0 amide bonds. The summed E-state index contributed by atoms with van der Waals surface area (Å²) in [6.45, 7) is 4.00. The lowest BCUT2D eigenvalue weighted by Crippen LogP contribution is -2.50. The first-order valence-electron chi connectivity index (χ1n) is 6.87. The summed E-state index contributed by atoms with van der Waals surface area (Å²) in [5, 5.41) is 4.94. The molecule has 3 rings (SSSR count). The van der Waals surface area contributed by atoms with Gasteiger partial charge in [0, 0.05) is 10.6 Å². The minimum absolute atomic E-state index is 0.00800. The minimum atomic E-state index is -2.90. The fourth-order valence-electron chi connectivity index (χ4n) is 2.52. The Hall–Kier alpha value is -0.570. The highest BCUT2D eigenvalue weighted by Crippen LogP contribution is 2.29. The van der Waals surface area contributed by atoms with E-state index in [-0.39, 0.29) is 23.2 Å². The molecule has 1 N–H and O–H groups in total. The predicted molar refractivity (Wildman–Crippen MR) is 89.2 cm³/mol. The Kier molecular flexibility index (Phi) is 4.06. The average molecular weight is 346 g/mol. The normalized spacial score (nSPS) is 27.0. The molecule has 0 spiro atoms. The fourth-order valence-corrected chi connectivity index (χ4v) is 6.15. The number of aliphatic imine (C=N–C) groups is 1. The number of nitrogens with one attached hydrogen (secondary N) is 1. The Bertz CT molecular complexity index is 638. The molecule has 0 saturated carbocycles. The van der Waals surface area contributed by atoms with Gasteiger partial charge in [0.2, 0.25) is 0 Å². The van der Waals surface area contributed by atoms with Crippen molar-refractivity contribution < 1.29 is 8.42 Å². The van der Waals surface area contributed by atoms with Gasteiger partial charge < -0.3 is 0 Å². The van der Waals surface area contributed by atoms with Crippen molar-refractivity contribution in [3.63, 3.8) is 0 Å². The van der Waals surface area contributed by atoms with Crippen LogP contribution in [0, 0.1) is 0 Å². The Morgan fingerprint density at radius 2 is 2.38 bits per heavy atom. The molecule has 0 bridgehead atoms. The van der Waals surface area contributed by atoms with E-state index >= 15 is 0 Å². The highest BCUT2D eigenvalue weighted by atomic mass is 32.2. The Balaban J connectivity index is 1.72. The molecule has 1 atom stereocenters. The summed E-state index contributed by atoms with van der Waals surface area (Å²) in [6.07, 6.45) is 0.671. The Morgan fingerprint density at radius 1 is 1.57 bits per heavy atom. The number of hydrazine groups is 1. The van der Waals surface area contributed by atoms with Crippen molar-refractivity contribution in [3.8, 4) is 0 Å².